The van der Waals surface area contributed by atoms with E-state index < -0.39 is 0 Å². The molecule has 1 heterocycles. The maximum Gasteiger partial charge on any atom is 0.134 e. The second-order valence-corrected chi connectivity index (χ2v) is 13.4. The molecule has 0 aliphatic heterocycles. The summed E-state index contributed by atoms with van der Waals surface area (Å²) >= 11 is 0. The number of nitrogens with zero attached hydrogens (tertiary/aromatic N) is 1. The molecule has 0 spiro atoms. The van der Waals surface area contributed by atoms with Gasteiger partial charge in [-0.3, -0.25) is 4.79 Å². The Kier molecular flexibility index (Phi) is 10.9. The van der Waals surface area contributed by atoms with Crippen molar-refractivity contribution < 1.29 is 9.53 Å². The summed E-state index contributed by atoms with van der Waals surface area (Å²) in [5.41, 5.74) is 13.4. The molecule has 44 heavy (non-hydrogen) atoms. The highest BCUT2D eigenvalue weighted by atomic mass is 35.5. The van der Waals surface area contributed by atoms with Gasteiger partial charge < -0.3 is 15.0 Å². The van der Waals surface area contributed by atoms with Crippen LogP contribution in [-0.2, 0) is 11.3 Å². The van der Waals surface area contributed by atoms with Gasteiger partial charge in [0.05, 0.1) is 7.11 Å². The summed E-state index contributed by atoms with van der Waals surface area (Å²) in [4.78, 5) is 13.8. The molecule has 2 N–H and O–H groups in total. The van der Waals surface area contributed by atoms with Crippen molar-refractivity contribution in [2.75, 3.05) is 7.11 Å². The molecule has 1 unspecified atom stereocenters. The van der Waals surface area contributed by atoms with Crippen LogP contribution in [0.3, 0.4) is 0 Å². The third-order valence-electron chi connectivity index (χ3n) is 10.2. The number of para-hydroxylation sites is 1. The summed E-state index contributed by atoms with van der Waals surface area (Å²) in [5.74, 6) is 2.45. The fourth-order valence-corrected chi connectivity index (χ4v) is 7.77. The van der Waals surface area contributed by atoms with Gasteiger partial charge in [0.1, 0.15) is 11.5 Å². The first-order valence-electron chi connectivity index (χ1n) is 16.6. The molecule has 2 aliphatic carbocycles. The number of benzene rings is 3. The Labute approximate surface area is 269 Å². The van der Waals surface area contributed by atoms with Gasteiger partial charge >= 0.3 is 0 Å². The number of ketones is 1. The number of Topliss-reactive ketones (excluding diaryl/α,β-unsaturated/α-hetero) is 1. The van der Waals surface area contributed by atoms with Gasteiger partial charge in [-0.25, -0.2) is 0 Å². The number of ether oxygens (including phenoxy) is 1. The molecule has 4 nitrogen and oxygen atoms in total. The average Bonchev–Trinajstić information content (AvgIpc) is 3.38. The second-order valence-electron chi connectivity index (χ2n) is 13.4. The third-order valence-corrected chi connectivity index (χ3v) is 10.2. The van der Waals surface area contributed by atoms with E-state index in [1.807, 2.05) is 12.1 Å². The Bertz CT molecular complexity index is 1550. The van der Waals surface area contributed by atoms with E-state index >= 15 is 0 Å². The number of rotatable bonds is 10. The molecular formula is C39H49ClN2O2. The van der Waals surface area contributed by atoms with Gasteiger partial charge in [0.2, 0.25) is 0 Å². The number of carbonyl (C=O) groups is 1. The topological polar surface area (TPSA) is 57.2 Å². The van der Waals surface area contributed by atoms with Gasteiger partial charge in [-0.05, 0) is 92.2 Å². The van der Waals surface area contributed by atoms with E-state index in [9.17, 15) is 4.79 Å². The van der Waals surface area contributed by atoms with Crippen LogP contribution in [0.2, 0.25) is 0 Å². The zero-order valence-electron chi connectivity index (χ0n) is 26.5. The van der Waals surface area contributed by atoms with Crippen LogP contribution in [-0.4, -0.2) is 23.5 Å². The molecule has 0 bridgehead atoms. The summed E-state index contributed by atoms with van der Waals surface area (Å²) in [7, 11) is 1.74. The Hall–Kier alpha value is -3.08. The first kappa shape index (κ1) is 32.3. The van der Waals surface area contributed by atoms with Crippen LogP contribution in [0.4, 0.5) is 0 Å². The lowest BCUT2D eigenvalue weighted by Gasteiger charge is -2.26. The van der Waals surface area contributed by atoms with E-state index in [-0.39, 0.29) is 18.3 Å². The molecular weight excluding hydrogens is 564 g/mol. The fourth-order valence-electron chi connectivity index (χ4n) is 7.77. The number of fused-ring (bicyclic) bond motifs is 1. The summed E-state index contributed by atoms with van der Waals surface area (Å²) < 4.78 is 8.25. The minimum absolute atomic E-state index is 0. The van der Waals surface area contributed by atoms with Crippen LogP contribution in [0, 0.1) is 18.8 Å². The minimum atomic E-state index is 0. The predicted octanol–water partition coefficient (Wildman–Crippen LogP) is 9.63. The Balaban J connectivity index is 0.00000384. The SMILES string of the molecule is COc1ccccc1-c1ccc2c(c1)c(C(CC(=O)CC1CCC(N)CC1)c1cccc(C)c1)cn2CC1CCCCC1.Cl. The van der Waals surface area contributed by atoms with Crippen LogP contribution in [0.1, 0.15) is 93.2 Å². The fraction of sp³-hybridized carbons (Fsp3) is 0.462. The minimum Gasteiger partial charge on any atom is -0.496 e. The third kappa shape index (κ3) is 7.41. The van der Waals surface area contributed by atoms with Crippen molar-refractivity contribution in [3.63, 3.8) is 0 Å². The number of halogens is 1. The standard InChI is InChI=1S/C39H48N2O2.ClH/c1-27-9-8-12-30(21-27)35(24-33(42)22-28-15-18-32(40)19-16-28)37-26-41(25-29-10-4-3-5-11-29)38-20-17-31(23-36(37)38)34-13-6-7-14-39(34)43-2;/h6-9,12-14,17,20-21,23,26,28-29,32,35H,3-5,10-11,15-16,18-19,22,24-25,40H2,1-2H3;1H. The number of nitrogens with two attached hydrogens (primary N) is 1. The van der Waals surface area contributed by atoms with Crippen LogP contribution in [0.25, 0.3) is 22.0 Å². The normalized spacial score (nSPS) is 19.8. The van der Waals surface area contributed by atoms with E-state index in [1.54, 1.807) is 7.11 Å². The van der Waals surface area contributed by atoms with E-state index in [2.05, 4.69) is 72.3 Å². The van der Waals surface area contributed by atoms with Crippen molar-refractivity contribution in [2.45, 2.75) is 96.1 Å². The van der Waals surface area contributed by atoms with Crippen molar-refractivity contribution in [3.8, 4) is 16.9 Å². The molecule has 0 radical (unpaired) electrons. The number of aryl methyl sites for hydroxylation is 1. The number of aromatic nitrogens is 1. The lowest BCUT2D eigenvalue weighted by Crippen LogP contribution is -2.27. The molecule has 4 aromatic rings. The molecule has 5 heteroatoms. The van der Waals surface area contributed by atoms with Crippen molar-refractivity contribution in [2.24, 2.45) is 17.6 Å². The molecule has 0 saturated heterocycles. The van der Waals surface area contributed by atoms with Crippen molar-refractivity contribution in [1.82, 2.24) is 4.57 Å². The van der Waals surface area contributed by atoms with Gasteiger partial charge in [-0.1, -0.05) is 73.4 Å². The Morgan fingerprint density at radius 2 is 1.68 bits per heavy atom. The lowest BCUT2D eigenvalue weighted by molar-refractivity contribution is -0.120. The smallest absolute Gasteiger partial charge is 0.134 e. The molecule has 6 rings (SSSR count). The zero-order valence-corrected chi connectivity index (χ0v) is 27.3. The molecule has 2 fully saturated rings. The molecule has 2 saturated carbocycles. The molecule has 2 aliphatic rings. The summed E-state index contributed by atoms with van der Waals surface area (Å²) in [6.45, 7) is 3.20. The number of hydrogen-bond acceptors (Lipinski definition) is 3. The van der Waals surface area contributed by atoms with E-state index in [1.165, 1.54) is 59.7 Å². The first-order valence-corrected chi connectivity index (χ1v) is 16.6. The quantitative estimate of drug-likeness (QED) is 0.194. The maximum atomic E-state index is 13.8. The molecule has 3 aromatic carbocycles. The molecule has 1 aromatic heterocycles. The van der Waals surface area contributed by atoms with Gasteiger partial charge in [0.25, 0.3) is 0 Å². The zero-order chi connectivity index (χ0) is 29.8. The lowest BCUT2D eigenvalue weighted by atomic mass is 9.80. The highest BCUT2D eigenvalue weighted by molar-refractivity contribution is 5.91. The van der Waals surface area contributed by atoms with Crippen LogP contribution in [0.5, 0.6) is 5.75 Å². The molecule has 1 atom stereocenters. The number of methoxy groups -OCH3 is 1. The van der Waals surface area contributed by atoms with E-state index in [0.717, 1.165) is 49.1 Å². The number of carbonyl (C=O) groups excluding carboxylic acids is 1. The summed E-state index contributed by atoms with van der Waals surface area (Å²) in [6, 6.07) is 24.2. The van der Waals surface area contributed by atoms with E-state index in [4.69, 9.17) is 10.5 Å². The average molecular weight is 613 g/mol. The van der Waals surface area contributed by atoms with Crippen LogP contribution in [0.15, 0.2) is 72.9 Å². The van der Waals surface area contributed by atoms with Crippen molar-refractivity contribution in [1.29, 1.82) is 0 Å². The predicted molar refractivity (Wildman–Crippen MR) is 185 cm³/mol. The van der Waals surface area contributed by atoms with Gasteiger partial charge in [-0.15, -0.1) is 12.4 Å². The van der Waals surface area contributed by atoms with Crippen LogP contribution < -0.4 is 10.5 Å². The number of hydrogen-bond donors (Lipinski definition) is 1. The van der Waals surface area contributed by atoms with Gasteiger partial charge in [0, 0.05) is 54.0 Å². The van der Waals surface area contributed by atoms with Gasteiger partial charge in [-0.2, -0.15) is 0 Å². The summed E-state index contributed by atoms with van der Waals surface area (Å²) in [6.07, 6.45) is 14.5. The van der Waals surface area contributed by atoms with Crippen molar-refractivity contribution in [3.05, 3.63) is 89.6 Å². The van der Waals surface area contributed by atoms with Crippen molar-refractivity contribution >= 4 is 29.1 Å². The highest BCUT2D eigenvalue weighted by Gasteiger charge is 2.27. The highest BCUT2D eigenvalue weighted by Crippen LogP contribution is 2.40. The second kappa shape index (κ2) is 14.8. The Morgan fingerprint density at radius 3 is 2.43 bits per heavy atom. The largest absolute Gasteiger partial charge is 0.496 e. The monoisotopic (exact) mass is 612 g/mol. The van der Waals surface area contributed by atoms with Gasteiger partial charge in [0.15, 0.2) is 0 Å². The Morgan fingerprint density at radius 1 is 0.909 bits per heavy atom. The molecule has 234 valence electrons. The maximum absolute atomic E-state index is 13.8. The summed E-state index contributed by atoms with van der Waals surface area (Å²) in [5, 5.41) is 1.25. The first-order chi connectivity index (χ1) is 21.0. The van der Waals surface area contributed by atoms with E-state index in [0.29, 0.717) is 36.5 Å². The molecule has 0 amide bonds. The van der Waals surface area contributed by atoms with Crippen LogP contribution >= 0.6 is 12.4 Å².